The van der Waals surface area contributed by atoms with Gasteiger partial charge in [-0.1, -0.05) is 23.7 Å². The third-order valence-electron chi connectivity index (χ3n) is 4.30. The average molecular weight is 339 g/mol. The Morgan fingerprint density at radius 1 is 1.43 bits per heavy atom. The van der Waals surface area contributed by atoms with Gasteiger partial charge in [0.2, 0.25) is 11.8 Å². The van der Waals surface area contributed by atoms with Crippen molar-refractivity contribution in [2.24, 2.45) is 11.7 Å². The van der Waals surface area contributed by atoms with Gasteiger partial charge in [-0.05, 0) is 30.5 Å². The fourth-order valence-corrected chi connectivity index (χ4v) is 3.32. The standard InChI is InChI=1S/C17H23ClN2O3/c1-23-15-7-8-20(11-13(15)10-16(19)21)17(22)6-5-12-3-2-4-14(18)9-12/h2-4,9,13,15H,5-8,10-11H2,1H3,(H2,19,21)/t13-,15-/m1/s1. The molecular formula is C17H23ClN2O3. The van der Waals surface area contributed by atoms with Crippen molar-refractivity contribution in [2.75, 3.05) is 20.2 Å². The van der Waals surface area contributed by atoms with E-state index in [9.17, 15) is 9.59 Å². The number of nitrogens with two attached hydrogens (primary N) is 1. The van der Waals surface area contributed by atoms with E-state index in [-0.39, 0.29) is 30.3 Å². The molecule has 2 rings (SSSR count). The van der Waals surface area contributed by atoms with E-state index in [1.54, 1.807) is 7.11 Å². The predicted octanol–water partition coefficient (Wildman–Crippen LogP) is 2.01. The molecule has 0 saturated carbocycles. The van der Waals surface area contributed by atoms with Crippen LogP contribution in [-0.2, 0) is 20.7 Å². The van der Waals surface area contributed by atoms with Gasteiger partial charge in [-0.25, -0.2) is 0 Å². The highest BCUT2D eigenvalue weighted by Gasteiger charge is 2.32. The second-order valence-corrected chi connectivity index (χ2v) is 6.40. The summed E-state index contributed by atoms with van der Waals surface area (Å²) in [6.45, 7) is 1.18. The number of benzene rings is 1. The third kappa shape index (κ3) is 5.22. The first-order valence-electron chi connectivity index (χ1n) is 7.83. The summed E-state index contributed by atoms with van der Waals surface area (Å²) >= 11 is 5.96. The van der Waals surface area contributed by atoms with Crippen LogP contribution in [0.3, 0.4) is 0 Å². The van der Waals surface area contributed by atoms with Crippen molar-refractivity contribution in [1.82, 2.24) is 4.90 Å². The number of hydrogen-bond donors (Lipinski definition) is 1. The third-order valence-corrected chi connectivity index (χ3v) is 4.53. The highest BCUT2D eigenvalue weighted by atomic mass is 35.5. The van der Waals surface area contributed by atoms with Crippen LogP contribution in [0.2, 0.25) is 5.02 Å². The van der Waals surface area contributed by atoms with Crippen LogP contribution in [0, 0.1) is 5.92 Å². The van der Waals surface area contributed by atoms with E-state index in [0.29, 0.717) is 31.0 Å². The lowest BCUT2D eigenvalue weighted by Gasteiger charge is -2.37. The molecular weight excluding hydrogens is 316 g/mol. The molecule has 0 aliphatic carbocycles. The second-order valence-electron chi connectivity index (χ2n) is 5.96. The highest BCUT2D eigenvalue weighted by Crippen LogP contribution is 2.23. The summed E-state index contributed by atoms with van der Waals surface area (Å²) in [5.41, 5.74) is 6.35. The molecule has 23 heavy (non-hydrogen) atoms. The number of rotatable bonds is 6. The molecule has 1 aromatic rings. The maximum absolute atomic E-state index is 12.4. The lowest BCUT2D eigenvalue weighted by atomic mass is 9.91. The van der Waals surface area contributed by atoms with Crippen LogP contribution in [-0.4, -0.2) is 43.0 Å². The summed E-state index contributed by atoms with van der Waals surface area (Å²) < 4.78 is 5.41. The number of hydrogen-bond acceptors (Lipinski definition) is 3. The number of primary amides is 1. The van der Waals surface area contributed by atoms with Crippen molar-refractivity contribution in [2.45, 2.75) is 31.8 Å². The first kappa shape index (κ1) is 17.8. The molecule has 6 heteroatoms. The van der Waals surface area contributed by atoms with E-state index in [0.717, 1.165) is 12.0 Å². The number of carbonyl (C=O) groups excluding carboxylic acids is 2. The summed E-state index contributed by atoms with van der Waals surface area (Å²) in [6, 6.07) is 7.54. The highest BCUT2D eigenvalue weighted by molar-refractivity contribution is 6.30. The van der Waals surface area contributed by atoms with E-state index >= 15 is 0 Å². The molecule has 1 aliphatic heterocycles. The molecule has 1 fully saturated rings. The Morgan fingerprint density at radius 2 is 2.22 bits per heavy atom. The van der Waals surface area contributed by atoms with Crippen molar-refractivity contribution in [1.29, 1.82) is 0 Å². The van der Waals surface area contributed by atoms with Crippen LogP contribution in [0.5, 0.6) is 0 Å². The Labute approximate surface area is 141 Å². The number of piperidine rings is 1. The van der Waals surface area contributed by atoms with E-state index in [2.05, 4.69) is 0 Å². The van der Waals surface area contributed by atoms with Crippen LogP contribution >= 0.6 is 11.6 Å². The number of likely N-dealkylation sites (tertiary alicyclic amines) is 1. The van der Waals surface area contributed by atoms with Crippen molar-refractivity contribution in [3.8, 4) is 0 Å². The molecule has 126 valence electrons. The smallest absolute Gasteiger partial charge is 0.222 e. The zero-order chi connectivity index (χ0) is 16.8. The summed E-state index contributed by atoms with van der Waals surface area (Å²) in [4.78, 5) is 25.4. The molecule has 1 heterocycles. The molecule has 5 nitrogen and oxygen atoms in total. The second kappa shape index (κ2) is 8.31. The SMILES string of the molecule is CO[C@@H]1CCN(C(=O)CCc2cccc(Cl)c2)C[C@H]1CC(N)=O. The number of carbonyl (C=O) groups is 2. The van der Waals surface area contributed by atoms with Gasteiger partial charge in [-0.2, -0.15) is 0 Å². The van der Waals surface area contributed by atoms with Crippen LogP contribution < -0.4 is 5.73 Å². The largest absolute Gasteiger partial charge is 0.381 e. The number of ether oxygens (including phenoxy) is 1. The molecule has 0 radical (unpaired) electrons. The van der Waals surface area contributed by atoms with Crippen molar-refractivity contribution >= 4 is 23.4 Å². The molecule has 1 aliphatic rings. The van der Waals surface area contributed by atoms with Gasteiger partial charge in [0, 0.05) is 44.0 Å². The van der Waals surface area contributed by atoms with Gasteiger partial charge in [-0.3, -0.25) is 9.59 Å². The van der Waals surface area contributed by atoms with Gasteiger partial charge in [0.25, 0.3) is 0 Å². The Balaban J connectivity index is 1.90. The maximum Gasteiger partial charge on any atom is 0.222 e. The molecule has 0 unspecified atom stereocenters. The van der Waals surface area contributed by atoms with Crippen LogP contribution in [0.15, 0.2) is 24.3 Å². The average Bonchev–Trinajstić information content (AvgIpc) is 2.52. The Kier molecular flexibility index (Phi) is 6.42. The molecule has 2 amide bonds. The lowest BCUT2D eigenvalue weighted by Crippen LogP contribution is -2.47. The van der Waals surface area contributed by atoms with E-state index < -0.39 is 0 Å². The molecule has 1 aromatic carbocycles. The fourth-order valence-electron chi connectivity index (χ4n) is 3.10. The van der Waals surface area contributed by atoms with E-state index in [1.807, 2.05) is 29.2 Å². The lowest BCUT2D eigenvalue weighted by molar-refractivity contribution is -0.137. The molecule has 0 aromatic heterocycles. The zero-order valence-corrected chi connectivity index (χ0v) is 14.1. The minimum Gasteiger partial charge on any atom is -0.381 e. The normalized spacial score (nSPS) is 21.2. The summed E-state index contributed by atoms with van der Waals surface area (Å²) in [5, 5.41) is 0.678. The Morgan fingerprint density at radius 3 is 2.87 bits per heavy atom. The van der Waals surface area contributed by atoms with Crippen molar-refractivity contribution in [3.05, 3.63) is 34.9 Å². The molecule has 2 atom stereocenters. The first-order chi connectivity index (χ1) is 11.0. The first-order valence-corrected chi connectivity index (χ1v) is 8.20. The summed E-state index contributed by atoms with van der Waals surface area (Å²) in [6.07, 6.45) is 2.05. The van der Waals surface area contributed by atoms with Crippen molar-refractivity contribution in [3.63, 3.8) is 0 Å². The monoisotopic (exact) mass is 338 g/mol. The van der Waals surface area contributed by atoms with Gasteiger partial charge in [0.05, 0.1) is 6.10 Å². The van der Waals surface area contributed by atoms with E-state index in [4.69, 9.17) is 22.1 Å². The van der Waals surface area contributed by atoms with Gasteiger partial charge in [0.15, 0.2) is 0 Å². The Bertz CT molecular complexity index is 565. The predicted molar refractivity (Wildman–Crippen MR) is 89.1 cm³/mol. The summed E-state index contributed by atoms with van der Waals surface area (Å²) in [7, 11) is 1.63. The quantitative estimate of drug-likeness (QED) is 0.862. The fraction of sp³-hybridized carbons (Fsp3) is 0.529. The minimum absolute atomic E-state index is 0.0144. The van der Waals surface area contributed by atoms with Crippen LogP contribution in [0.4, 0.5) is 0 Å². The zero-order valence-electron chi connectivity index (χ0n) is 13.3. The molecule has 0 bridgehead atoms. The maximum atomic E-state index is 12.4. The molecule has 0 spiro atoms. The Hall–Kier alpha value is -1.59. The van der Waals surface area contributed by atoms with E-state index in [1.165, 1.54) is 0 Å². The van der Waals surface area contributed by atoms with Crippen LogP contribution in [0.1, 0.15) is 24.8 Å². The van der Waals surface area contributed by atoms with Crippen LogP contribution in [0.25, 0.3) is 0 Å². The van der Waals surface area contributed by atoms with Gasteiger partial charge >= 0.3 is 0 Å². The molecule has 2 N–H and O–H groups in total. The van der Waals surface area contributed by atoms with Gasteiger partial charge < -0.3 is 15.4 Å². The molecule has 1 saturated heterocycles. The number of nitrogens with zero attached hydrogens (tertiary/aromatic N) is 1. The minimum atomic E-state index is -0.356. The number of amides is 2. The van der Waals surface area contributed by atoms with Gasteiger partial charge in [0.1, 0.15) is 0 Å². The van der Waals surface area contributed by atoms with Crippen molar-refractivity contribution < 1.29 is 14.3 Å². The topological polar surface area (TPSA) is 72.6 Å². The number of methoxy groups -OCH3 is 1. The summed E-state index contributed by atoms with van der Waals surface area (Å²) in [5.74, 6) is -0.291. The number of halogens is 1. The number of aryl methyl sites for hydroxylation is 1. The van der Waals surface area contributed by atoms with Gasteiger partial charge in [-0.15, -0.1) is 0 Å².